The SMILES string of the molecule is O=C(O)C1CCC(Nc2nccc(-n3ccc4c(Br)cccc43)n2)CC1. The van der Waals surface area contributed by atoms with Crippen molar-refractivity contribution in [3.05, 3.63) is 47.2 Å². The molecule has 2 N–H and O–H groups in total. The van der Waals surface area contributed by atoms with Gasteiger partial charge in [0.15, 0.2) is 0 Å². The van der Waals surface area contributed by atoms with E-state index in [1.165, 1.54) is 0 Å². The van der Waals surface area contributed by atoms with Gasteiger partial charge < -0.3 is 15.0 Å². The van der Waals surface area contributed by atoms with Crippen molar-refractivity contribution >= 4 is 38.8 Å². The number of anilines is 1. The number of carboxylic acids is 1. The minimum atomic E-state index is -0.688. The maximum Gasteiger partial charge on any atom is 0.306 e. The van der Waals surface area contributed by atoms with Crippen LogP contribution in [0, 0.1) is 5.92 Å². The lowest BCUT2D eigenvalue weighted by atomic mass is 9.86. The first-order chi connectivity index (χ1) is 12.6. The number of nitrogens with one attached hydrogen (secondary N) is 1. The molecule has 0 aliphatic heterocycles. The fourth-order valence-electron chi connectivity index (χ4n) is 3.55. The summed E-state index contributed by atoms with van der Waals surface area (Å²) in [6.45, 7) is 0. The van der Waals surface area contributed by atoms with Gasteiger partial charge in [0.05, 0.1) is 11.4 Å². The lowest BCUT2D eigenvalue weighted by Crippen LogP contribution is -2.29. The van der Waals surface area contributed by atoms with Crippen LogP contribution in [-0.2, 0) is 4.79 Å². The summed E-state index contributed by atoms with van der Waals surface area (Å²) in [7, 11) is 0. The number of fused-ring (bicyclic) bond motifs is 1. The maximum absolute atomic E-state index is 11.1. The minimum absolute atomic E-state index is 0.218. The van der Waals surface area contributed by atoms with Crippen LogP contribution < -0.4 is 5.32 Å². The van der Waals surface area contributed by atoms with Crippen LogP contribution in [-0.4, -0.2) is 31.7 Å². The summed E-state index contributed by atoms with van der Waals surface area (Å²) in [5, 5.41) is 13.6. The highest BCUT2D eigenvalue weighted by Gasteiger charge is 2.26. The van der Waals surface area contributed by atoms with E-state index in [-0.39, 0.29) is 12.0 Å². The summed E-state index contributed by atoms with van der Waals surface area (Å²) in [5.41, 5.74) is 1.07. The molecule has 1 fully saturated rings. The Balaban J connectivity index is 1.54. The van der Waals surface area contributed by atoms with Gasteiger partial charge in [-0.2, -0.15) is 4.98 Å². The highest BCUT2D eigenvalue weighted by atomic mass is 79.9. The molecular weight excluding hydrogens is 396 g/mol. The van der Waals surface area contributed by atoms with Gasteiger partial charge in [-0.15, -0.1) is 0 Å². The molecule has 4 rings (SSSR count). The van der Waals surface area contributed by atoms with E-state index in [1.54, 1.807) is 6.20 Å². The van der Waals surface area contributed by atoms with E-state index < -0.39 is 5.97 Å². The zero-order valence-electron chi connectivity index (χ0n) is 14.1. The molecule has 6 nitrogen and oxygen atoms in total. The monoisotopic (exact) mass is 414 g/mol. The van der Waals surface area contributed by atoms with E-state index >= 15 is 0 Å². The Bertz CT molecular complexity index is 948. The molecule has 1 aliphatic rings. The summed E-state index contributed by atoms with van der Waals surface area (Å²) in [6, 6.07) is 10.2. The van der Waals surface area contributed by atoms with E-state index in [1.807, 2.05) is 29.0 Å². The van der Waals surface area contributed by atoms with Crippen molar-refractivity contribution in [3.63, 3.8) is 0 Å². The minimum Gasteiger partial charge on any atom is -0.481 e. The van der Waals surface area contributed by atoms with Crippen molar-refractivity contribution in [1.82, 2.24) is 14.5 Å². The largest absolute Gasteiger partial charge is 0.481 e. The van der Waals surface area contributed by atoms with E-state index in [0.717, 1.165) is 34.0 Å². The van der Waals surface area contributed by atoms with Gasteiger partial charge in [0.1, 0.15) is 5.82 Å². The van der Waals surface area contributed by atoms with Gasteiger partial charge in [-0.05, 0) is 49.9 Å². The first kappa shape index (κ1) is 17.0. The number of nitrogens with zero attached hydrogens (tertiary/aromatic N) is 3. The summed E-state index contributed by atoms with van der Waals surface area (Å²) in [6.07, 6.45) is 6.79. The van der Waals surface area contributed by atoms with Crippen LogP contribution in [0.4, 0.5) is 5.95 Å². The number of aliphatic carboxylic acids is 1. The first-order valence-electron chi connectivity index (χ1n) is 8.70. The first-order valence-corrected chi connectivity index (χ1v) is 9.49. The lowest BCUT2D eigenvalue weighted by Gasteiger charge is -2.26. The summed E-state index contributed by atoms with van der Waals surface area (Å²) in [5.74, 6) is 0.477. The number of aromatic nitrogens is 3. The summed E-state index contributed by atoms with van der Waals surface area (Å²) >= 11 is 3.58. The number of carbonyl (C=O) groups is 1. The van der Waals surface area contributed by atoms with Crippen molar-refractivity contribution in [3.8, 4) is 5.82 Å². The molecule has 1 aromatic carbocycles. The second kappa shape index (κ2) is 7.07. The Morgan fingerprint density at radius 3 is 2.77 bits per heavy atom. The fourth-order valence-corrected chi connectivity index (χ4v) is 4.04. The highest BCUT2D eigenvalue weighted by Crippen LogP contribution is 2.28. The summed E-state index contributed by atoms with van der Waals surface area (Å²) in [4.78, 5) is 20.1. The van der Waals surface area contributed by atoms with Crippen LogP contribution >= 0.6 is 15.9 Å². The third kappa shape index (κ3) is 3.31. The number of halogens is 1. The number of carboxylic acid groups (broad SMARTS) is 1. The molecule has 0 spiro atoms. The topological polar surface area (TPSA) is 80.0 Å². The quantitative estimate of drug-likeness (QED) is 0.667. The third-order valence-electron chi connectivity index (χ3n) is 4.98. The van der Waals surface area contributed by atoms with Crippen molar-refractivity contribution in [2.24, 2.45) is 5.92 Å². The van der Waals surface area contributed by atoms with Gasteiger partial charge in [0.25, 0.3) is 0 Å². The molecule has 0 saturated heterocycles. The Labute approximate surface area is 159 Å². The molecule has 0 radical (unpaired) electrons. The maximum atomic E-state index is 11.1. The van der Waals surface area contributed by atoms with Crippen LogP contribution in [0.25, 0.3) is 16.7 Å². The Kier molecular flexibility index (Phi) is 4.63. The molecule has 7 heteroatoms. The van der Waals surface area contributed by atoms with Gasteiger partial charge in [-0.1, -0.05) is 22.0 Å². The number of hydrogen-bond donors (Lipinski definition) is 2. The van der Waals surface area contributed by atoms with Gasteiger partial charge in [0.2, 0.25) is 5.95 Å². The molecule has 0 atom stereocenters. The molecule has 0 bridgehead atoms. The van der Waals surface area contributed by atoms with E-state index in [4.69, 9.17) is 5.11 Å². The zero-order chi connectivity index (χ0) is 18.1. The van der Waals surface area contributed by atoms with Gasteiger partial charge in [0, 0.05) is 28.3 Å². The molecule has 1 saturated carbocycles. The molecule has 2 aromatic heterocycles. The van der Waals surface area contributed by atoms with Gasteiger partial charge in [-0.3, -0.25) is 4.79 Å². The number of hydrogen-bond acceptors (Lipinski definition) is 4. The standard InChI is InChI=1S/C19H19BrN4O2/c20-15-2-1-3-16-14(15)9-11-24(16)17-8-10-21-19(23-17)22-13-6-4-12(5-7-13)18(25)26/h1-3,8-13H,4-7H2,(H,25,26)(H,21,22,23). The Hall–Kier alpha value is -2.41. The smallest absolute Gasteiger partial charge is 0.306 e. The van der Waals surface area contributed by atoms with Crippen molar-refractivity contribution < 1.29 is 9.90 Å². The van der Waals surface area contributed by atoms with E-state index in [9.17, 15) is 4.79 Å². The predicted molar refractivity (Wildman–Crippen MR) is 104 cm³/mol. The van der Waals surface area contributed by atoms with E-state index in [2.05, 4.69) is 43.3 Å². The normalized spacial score (nSPS) is 20.2. The Morgan fingerprint density at radius 1 is 1.19 bits per heavy atom. The molecular formula is C19H19BrN4O2. The van der Waals surface area contributed by atoms with Crippen molar-refractivity contribution in [1.29, 1.82) is 0 Å². The van der Waals surface area contributed by atoms with Crippen LogP contribution in [0.5, 0.6) is 0 Å². The van der Waals surface area contributed by atoms with Crippen LogP contribution in [0.15, 0.2) is 47.2 Å². The molecule has 2 heterocycles. The molecule has 1 aliphatic carbocycles. The fraction of sp³-hybridized carbons (Fsp3) is 0.316. The van der Waals surface area contributed by atoms with Crippen LogP contribution in [0.3, 0.4) is 0 Å². The second-order valence-electron chi connectivity index (χ2n) is 6.63. The second-order valence-corrected chi connectivity index (χ2v) is 7.48. The third-order valence-corrected chi connectivity index (χ3v) is 5.67. The Morgan fingerprint density at radius 2 is 2.00 bits per heavy atom. The summed E-state index contributed by atoms with van der Waals surface area (Å²) < 4.78 is 3.09. The van der Waals surface area contributed by atoms with Gasteiger partial charge >= 0.3 is 5.97 Å². The molecule has 3 aromatic rings. The molecule has 134 valence electrons. The number of benzene rings is 1. The van der Waals surface area contributed by atoms with Crippen molar-refractivity contribution in [2.75, 3.05) is 5.32 Å². The van der Waals surface area contributed by atoms with Crippen LogP contribution in [0.1, 0.15) is 25.7 Å². The lowest BCUT2D eigenvalue weighted by molar-refractivity contribution is -0.142. The molecule has 26 heavy (non-hydrogen) atoms. The van der Waals surface area contributed by atoms with Crippen LogP contribution in [0.2, 0.25) is 0 Å². The van der Waals surface area contributed by atoms with E-state index in [0.29, 0.717) is 18.8 Å². The molecule has 0 amide bonds. The average molecular weight is 415 g/mol. The zero-order valence-corrected chi connectivity index (χ0v) is 15.7. The predicted octanol–water partition coefficient (Wildman–Crippen LogP) is 4.24. The number of rotatable bonds is 4. The van der Waals surface area contributed by atoms with Crippen molar-refractivity contribution in [2.45, 2.75) is 31.7 Å². The molecule has 0 unspecified atom stereocenters. The van der Waals surface area contributed by atoms with Gasteiger partial charge in [-0.25, -0.2) is 4.98 Å². The highest BCUT2D eigenvalue weighted by molar-refractivity contribution is 9.10. The average Bonchev–Trinajstić information content (AvgIpc) is 3.08.